The highest BCUT2D eigenvalue weighted by atomic mass is 32.2. The van der Waals surface area contributed by atoms with E-state index in [1.807, 2.05) is 13.0 Å². The van der Waals surface area contributed by atoms with Crippen LogP contribution in [-0.4, -0.2) is 26.1 Å². The zero-order chi connectivity index (χ0) is 19.2. The third-order valence-electron chi connectivity index (χ3n) is 3.59. The van der Waals surface area contributed by atoms with Crippen molar-refractivity contribution in [2.45, 2.75) is 44.7 Å². The maximum atomic E-state index is 11.4. The quantitative estimate of drug-likeness (QED) is 0.497. The van der Waals surface area contributed by atoms with Gasteiger partial charge in [0.15, 0.2) is 11.7 Å². The van der Waals surface area contributed by atoms with Gasteiger partial charge in [0.05, 0.1) is 23.7 Å². The predicted octanol–water partition coefficient (Wildman–Crippen LogP) is 1.70. The minimum Gasteiger partial charge on any atom is -0.359 e. The molecule has 0 amide bonds. The topological polar surface area (TPSA) is 123 Å². The zero-order valence-electron chi connectivity index (χ0n) is 15.2. The maximum absolute atomic E-state index is 11.4. The van der Waals surface area contributed by atoms with Crippen molar-refractivity contribution in [2.75, 3.05) is 6.54 Å². The number of primary sulfonamides is 1. The van der Waals surface area contributed by atoms with Gasteiger partial charge in [0.25, 0.3) is 0 Å². The normalized spacial score (nSPS) is 12.4. The first-order chi connectivity index (χ1) is 12.3. The molecule has 2 rings (SSSR count). The number of nitrogens with zero attached hydrogens (tertiary/aromatic N) is 2. The van der Waals surface area contributed by atoms with Crippen LogP contribution in [0.1, 0.15) is 43.7 Å². The fraction of sp³-hybridized carbons (Fsp3) is 0.412. The van der Waals surface area contributed by atoms with Crippen LogP contribution in [0.25, 0.3) is 0 Å². The second kappa shape index (κ2) is 8.81. The van der Waals surface area contributed by atoms with Gasteiger partial charge in [-0.1, -0.05) is 31.1 Å². The van der Waals surface area contributed by atoms with Gasteiger partial charge in [-0.3, -0.25) is 0 Å². The molecule has 4 N–H and O–H groups in total. The molecule has 1 heterocycles. The lowest BCUT2D eigenvalue weighted by molar-refractivity contribution is 0.372. The van der Waals surface area contributed by atoms with Gasteiger partial charge in [0.1, 0.15) is 0 Å². The molecule has 0 saturated carbocycles. The molecular weight excluding hydrogens is 354 g/mol. The number of guanidine groups is 1. The van der Waals surface area contributed by atoms with Crippen molar-refractivity contribution in [2.24, 2.45) is 10.1 Å². The molecule has 1 aromatic heterocycles. The Bertz CT molecular complexity index is 859. The Morgan fingerprint density at radius 1 is 1.31 bits per heavy atom. The average Bonchev–Trinajstić information content (AvgIpc) is 3.06. The second-order valence-electron chi connectivity index (χ2n) is 6.11. The molecular formula is C17H25N5O3S. The highest BCUT2D eigenvalue weighted by molar-refractivity contribution is 7.89. The third-order valence-corrected chi connectivity index (χ3v) is 4.50. The van der Waals surface area contributed by atoms with Crippen molar-refractivity contribution in [3.8, 4) is 0 Å². The summed E-state index contributed by atoms with van der Waals surface area (Å²) in [6.45, 7) is 7.52. The first-order valence-corrected chi connectivity index (χ1v) is 9.93. The Labute approximate surface area is 153 Å². The Hall–Kier alpha value is -2.39. The van der Waals surface area contributed by atoms with Crippen LogP contribution in [-0.2, 0) is 23.1 Å². The molecule has 8 nitrogen and oxygen atoms in total. The van der Waals surface area contributed by atoms with Crippen LogP contribution >= 0.6 is 0 Å². The molecule has 0 aliphatic rings. The Morgan fingerprint density at radius 2 is 2.08 bits per heavy atom. The van der Waals surface area contributed by atoms with Gasteiger partial charge in [0, 0.05) is 12.6 Å². The van der Waals surface area contributed by atoms with Crippen LogP contribution in [0, 0.1) is 0 Å². The van der Waals surface area contributed by atoms with Gasteiger partial charge < -0.3 is 15.2 Å². The number of nitrogens with one attached hydrogen (secondary N) is 2. The minimum atomic E-state index is -3.72. The fourth-order valence-electron chi connectivity index (χ4n) is 2.19. The summed E-state index contributed by atoms with van der Waals surface area (Å²) in [5.41, 5.74) is 1.65. The first-order valence-electron chi connectivity index (χ1n) is 8.39. The molecule has 0 radical (unpaired) electrons. The Morgan fingerprint density at radius 3 is 2.69 bits per heavy atom. The van der Waals surface area contributed by atoms with Crippen LogP contribution in [0.5, 0.6) is 0 Å². The van der Waals surface area contributed by atoms with Crippen molar-refractivity contribution in [3.63, 3.8) is 0 Å². The van der Waals surface area contributed by atoms with Gasteiger partial charge in [-0.2, -0.15) is 0 Å². The summed E-state index contributed by atoms with van der Waals surface area (Å²) in [6, 6.07) is 8.34. The zero-order valence-corrected chi connectivity index (χ0v) is 16.0. The molecule has 0 saturated heterocycles. The summed E-state index contributed by atoms with van der Waals surface area (Å²) >= 11 is 0. The number of hydrogen-bond acceptors (Lipinski definition) is 5. The Balaban J connectivity index is 2.04. The summed E-state index contributed by atoms with van der Waals surface area (Å²) < 4.78 is 28.2. The smallest absolute Gasteiger partial charge is 0.238 e. The fourth-order valence-corrected chi connectivity index (χ4v) is 2.77. The lowest BCUT2D eigenvalue weighted by atomic mass is 10.1. The van der Waals surface area contributed by atoms with E-state index in [0.29, 0.717) is 31.5 Å². The number of aromatic nitrogens is 1. The molecule has 9 heteroatoms. The highest BCUT2D eigenvalue weighted by Gasteiger charge is 2.09. The number of hydrogen-bond donors (Lipinski definition) is 3. The number of sulfonamides is 1. The molecule has 1 aromatic carbocycles. The summed E-state index contributed by atoms with van der Waals surface area (Å²) in [6.07, 6.45) is 0. The van der Waals surface area contributed by atoms with Gasteiger partial charge in [-0.15, -0.1) is 0 Å². The number of rotatable bonds is 7. The average molecular weight is 379 g/mol. The highest BCUT2D eigenvalue weighted by Crippen LogP contribution is 2.14. The van der Waals surface area contributed by atoms with Crippen molar-refractivity contribution in [1.29, 1.82) is 0 Å². The van der Waals surface area contributed by atoms with Gasteiger partial charge >= 0.3 is 0 Å². The van der Waals surface area contributed by atoms with E-state index in [1.54, 1.807) is 12.1 Å². The van der Waals surface area contributed by atoms with Crippen molar-refractivity contribution >= 4 is 16.0 Å². The Kier molecular flexibility index (Phi) is 6.76. The number of benzene rings is 1. The van der Waals surface area contributed by atoms with E-state index in [2.05, 4.69) is 34.6 Å². The van der Waals surface area contributed by atoms with Gasteiger partial charge in [0.2, 0.25) is 10.0 Å². The van der Waals surface area contributed by atoms with E-state index in [0.717, 1.165) is 17.0 Å². The van der Waals surface area contributed by atoms with Crippen LogP contribution in [0.15, 0.2) is 44.7 Å². The van der Waals surface area contributed by atoms with Crippen LogP contribution in [0.3, 0.4) is 0 Å². The van der Waals surface area contributed by atoms with E-state index in [1.165, 1.54) is 12.1 Å². The van der Waals surface area contributed by atoms with Crippen molar-refractivity contribution < 1.29 is 12.9 Å². The van der Waals surface area contributed by atoms with Crippen LogP contribution < -0.4 is 15.8 Å². The summed E-state index contributed by atoms with van der Waals surface area (Å²) in [7, 11) is -3.72. The second-order valence-corrected chi connectivity index (χ2v) is 7.68. The molecule has 0 aliphatic carbocycles. The molecule has 0 spiro atoms. The van der Waals surface area contributed by atoms with Crippen molar-refractivity contribution in [3.05, 3.63) is 47.3 Å². The first kappa shape index (κ1) is 19.9. The standard InChI is InChI=1S/C17H25N5O3S/c1-4-19-17(21-11-14-9-16(12(2)3)22-25-14)20-10-13-6-5-7-15(8-13)26(18,23)24/h5-9,12H,4,10-11H2,1-3H3,(H2,18,23,24)(H2,19,20,21). The molecule has 0 bridgehead atoms. The molecule has 0 atom stereocenters. The SMILES string of the molecule is CCNC(=NCc1cccc(S(N)(=O)=O)c1)NCc1cc(C(C)C)no1. The maximum Gasteiger partial charge on any atom is 0.238 e. The van der Waals surface area contributed by atoms with E-state index in [4.69, 9.17) is 9.66 Å². The van der Waals surface area contributed by atoms with E-state index < -0.39 is 10.0 Å². The van der Waals surface area contributed by atoms with Crippen molar-refractivity contribution in [1.82, 2.24) is 15.8 Å². The molecule has 142 valence electrons. The summed E-state index contributed by atoms with van der Waals surface area (Å²) in [5.74, 6) is 1.62. The van der Waals surface area contributed by atoms with Gasteiger partial charge in [-0.25, -0.2) is 18.5 Å². The third kappa shape index (κ3) is 5.85. The van der Waals surface area contributed by atoms with E-state index >= 15 is 0 Å². The monoisotopic (exact) mass is 379 g/mol. The lowest BCUT2D eigenvalue weighted by Crippen LogP contribution is -2.36. The van der Waals surface area contributed by atoms with Crippen LogP contribution in [0.2, 0.25) is 0 Å². The summed E-state index contributed by atoms with van der Waals surface area (Å²) in [5, 5.41) is 15.5. The molecule has 0 fully saturated rings. The number of aliphatic imine (C=N–C) groups is 1. The largest absolute Gasteiger partial charge is 0.359 e. The van der Waals surface area contributed by atoms with E-state index in [9.17, 15) is 8.42 Å². The molecule has 0 aliphatic heterocycles. The predicted molar refractivity (Wildman–Crippen MR) is 100 cm³/mol. The minimum absolute atomic E-state index is 0.0750. The van der Waals surface area contributed by atoms with Gasteiger partial charge in [-0.05, 0) is 30.5 Å². The number of nitrogens with two attached hydrogens (primary N) is 1. The molecule has 26 heavy (non-hydrogen) atoms. The molecule has 0 unspecified atom stereocenters. The summed E-state index contributed by atoms with van der Waals surface area (Å²) in [4.78, 5) is 4.54. The van der Waals surface area contributed by atoms with E-state index in [-0.39, 0.29) is 4.90 Å². The lowest BCUT2D eigenvalue weighted by Gasteiger charge is -2.10. The molecule has 2 aromatic rings. The van der Waals surface area contributed by atoms with Crippen LogP contribution in [0.4, 0.5) is 0 Å².